The number of carbonyl (C=O) groups is 2. The Labute approximate surface area is 311 Å². The van der Waals surface area contributed by atoms with Crippen LogP contribution in [0.1, 0.15) is 103 Å². The lowest BCUT2D eigenvalue weighted by atomic mass is 9.98. The molecule has 0 aromatic heterocycles. The van der Waals surface area contributed by atoms with Crippen LogP contribution in [-0.2, 0) is 49.9 Å². The van der Waals surface area contributed by atoms with Gasteiger partial charge >= 0.3 is 11.9 Å². The Kier molecular flexibility index (Phi) is 14.8. The third-order valence-electron chi connectivity index (χ3n) is 9.99. The van der Waals surface area contributed by atoms with Gasteiger partial charge in [0.25, 0.3) is 0 Å². The molecule has 12 heteroatoms. The Bertz CT molecular complexity index is 1740. The van der Waals surface area contributed by atoms with E-state index in [1.165, 1.54) is 9.79 Å². The normalized spacial score (nSPS) is 18.5. The van der Waals surface area contributed by atoms with Gasteiger partial charge in [0.2, 0.25) is 0 Å². The SMILES string of the molecule is O=C(CC(C(=O)OC1CCCCC1)S(=O)(=O)[O-])OC1CCCCC1.O=S(=O)(c1ccc([S+](c2ccccc2)c2ccccc2)cc1)C1CCCCC1. The molecule has 52 heavy (non-hydrogen) atoms. The fourth-order valence-electron chi connectivity index (χ4n) is 7.15. The first kappa shape index (κ1) is 40.0. The first-order chi connectivity index (χ1) is 25.0. The first-order valence-corrected chi connectivity index (χ1v) is 22.8. The standard InChI is InChI=1S/C24H25O2S2.C16H26O7S/c25-28(26,23-14-8-3-9-15-23)24-18-16-22(17-19-24)27(20-10-4-1-5-11-20)21-12-6-2-7-13-21;17-15(22-12-7-3-1-4-8-12)11-14(24(19,20)21)16(18)23-13-9-5-2-6-10-13/h1-2,4-7,10-13,16-19,23H,3,8-9,14-15H2;12-14H,1-11H2,(H,19,20,21)/q+1;/p-1. The van der Waals surface area contributed by atoms with E-state index in [1.54, 1.807) is 0 Å². The zero-order valence-corrected chi connectivity index (χ0v) is 32.1. The lowest BCUT2D eigenvalue weighted by molar-refractivity contribution is -0.157. The van der Waals surface area contributed by atoms with Crippen molar-refractivity contribution in [2.75, 3.05) is 0 Å². The molecular formula is C40H50O9S3. The molecule has 3 saturated carbocycles. The number of esters is 2. The molecule has 282 valence electrons. The van der Waals surface area contributed by atoms with Gasteiger partial charge in [-0.15, -0.1) is 0 Å². The minimum Gasteiger partial charge on any atom is -0.747 e. The second kappa shape index (κ2) is 19.2. The number of hydrogen-bond acceptors (Lipinski definition) is 9. The van der Waals surface area contributed by atoms with Gasteiger partial charge in [0, 0.05) is 0 Å². The van der Waals surface area contributed by atoms with E-state index in [-0.39, 0.29) is 28.4 Å². The van der Waals surface area contributed by atoms with Crippen molar-refractivity contribution in [3.8, 4) is 0 Å². The van der Waals surface area contributed by atoms with Crippen molar-refractivity contribution in [3.63, 3.8) is 0 Å². The molecule has 3 aliphatic rings. The molecule has 0 bridgehead atoms. The average Bonchev–Trinajstić information content (AvgIpc) is 3.16. The van der Waals surface area contributed by atoms with Gasteiger partial charge in [-0.1, -0.05) is 68.5 Å². The van der Waals surface area contributed by atoms with Crippen molar-refractivity contribution in [1.82, 2.24) is 0 Å². The molecule has 0 amide bonds. The van der Waals surface area contributed by atoms with Crippen LogP contribution in [0.2, 0.25) is 0 Å². The number of carbonyl (C=O) groups excluding carboxylic acids is 2. The summed E-state index contributed by atoms with van der Waals surface area (Å²) in [6, 6.07) is 28.5. The molecule has 0 radical (unpaired) electrons. The van der Waals surface area contributed by atoms with Gasteiger partial charge in [-0.05, 0) is 113 Å². The van der Waals surface area contributed by atoms with Crippen molar-refractivity contribution >= 4 is 42.8 Å². The van der Waals surface area contributed by atoms with Crippen molar-refractivity contribution in [1.29, 1.82) is 0 Å². The fraction of sp³-hybridized carbons (Fsp3) is 0.500. The largest absolute Gasteiger partial charge is 0.747 e. The van der Waals surface area contributed by atoms with Crippen LogP contribution >= 0.6 is 0 Å². The third-order valence-corrected chi connectivity index (χ3v) is 15.6. The number of hydrogen-bond donors (Lipinski definition) is 0. The molecule has 3 aromatic carbocycles. The van der Waals surface area contributed by atoms with Crippen molar-refractivity contribution in [2.24, 2.45) is 0 Å². The second-order valence-electron chi connectivity index (χ2n) is 13.8. The van der Waals surface area contributed by atoms with E-state index >= 15 is 0 Å². The molecule has 3 fully saturated rings. The Morgan fingerprint density at radius 3 is 1.48 bits per heavy atom. The summed E-state index contributed by atoms with van der Waals surface area (Å²) in [4.78, 5) is 28.1. The highest BCUT2D eigenvalue weighted by Crippen LogP contribution is 2.34. The first-order valence-electron chi connectivity index (χ1n) is 18.6. The smallest absolute Gasteiger partial charge is 0.324 e. The van der Waals surface area contributed by atoms with Gasteiger partial charge in [-0.25, -0.2) is 16.8 Å². The van der Waals surface area contributed by atoms with Crippen LogP contribution < -0.4 is 0 Å². The van der Waals surface area contributed by atoms with E-state index in [4.69, 9.17) is 9.47 Å². The van der Waals surface area contributed by atoms with Crippen LogP contribution in [-0.4, -0.2) is 56.0 Å². The summed E-state index contributed by atoms with van der Waals surface area (Å²) in [5.41, 5.74) is 0. The lowest BCUT2D eigenvalue weighted by Gasteiger charge is -2.26. The van der Waals surface area contributed by atoms with Crippen molar-refractivity contribution in [3.05, 3.63) is 84.9 Å². The summed E-state index contributed by atoms with van der Waals surface area (Å²) in [5.74, 6) is -1.95. The number of ether oxygens (including phenoxy) is 2. The molecule has 0 aliphatic heterocycles. The van der Waals surface area contributed by atoms with Gasteiger partial charge in [0.05, 0.1) is 27.5 Å². The maximum Gasteiger partial charge on any atom is 0.324 e. The van der Waals surface area contributed by atoms with E-state index in [0.29, 0.717) is 17.7 Å². The fourth-order valence-corrected chi connectivity index (χ4v) is 11.7. The van der Waals surface area contributed by atoms with Crippen LogP contribution in [0.25, 0.3) is 0 Å². The second-order valence-corrected chi connectivity index (χ2v) is 19.7. The monoisotopic (exact) mass is 770 g/mol. The summed E-state index contributed by atoms with van der Waals surface area (Å²) in [7, 11) is -8.46. The zero-order chi connectivity index (χ0) is 37.0. The van der Waals surface area contributed by atoms with Crippen LogP contribution in [0.5, 0.6) is 0 Å². The molecule has 1 atom stereocenters. The zero-order valence-electron chi connectivity index (χ0n) is 29.6. The molecule has 1 unspecified atom stereocenters. The Morgan fingerprint density at radius 2 is 1.02 bits per heavy atom. The van der Waals surface area contributed by atoms with Crippen LogP contribution in [0.4, 0.5) is 0 Å². The Hall–Kier alpha value is -3.19. The Balaban J connectivity index is 0.000000204. The van der Waals surface area contributed by atoms with Gasteiger partial charge in [0.15, 0.2) is 29.8 Å². The van der Waals surface area contributed by atoms with Gasteiger partial charge in [-0.2, -0.15) is 0 Å². The lowest BCUT2D eigenvalue weighted by Crippen LogP contribution is -2.37. The molecule has 3 aliphatic carbocycles. The number of benzene rings is 3. The van der Waals surface area contributed by atoms with Crippen LogP contribution in [0, 0.1) is 0 Å². The molecule has 9 nitrogen and oxygen atoms in total. The minimum absolute atomic E-state index is 0.214. The van der Waals surface area contributed by atoms with E-state index in [0.717, 1.165) is 88.4 Å². The number of sulfone groups is 1. The van der Waals surface area contributed by atoms with E-state index in [1.807, 2.05) is 36.4 Å². The van der Waals surface area contributed by atoms with E-state index < -0.39 is 43.6 Å². The van der Waals surface area contributed by atoms with E-state index in [9.17, 15) is 31.0 Å². The molecule has 6 rings (SSSR count). The van der Waals surface area contributed by atoms with E-state index in [2.05, 4.69) is 48.5 Å². The third kappa shape index (κ3) is 11.4. The van der Waals surface area contributed by atoms with Crippen LogP contribution in [0.15, 0.2) is 105 Å². The highest BCUT2D eigenvalue weighted by atomic mass is 32.2. The highest BCUT2D eigenvalue weighted by Gasteiger charge is 2.34. The predicted molar refractivity (Wildman–Crippen MR) is 200 cm³/mol. The minimum atomic E-state index is -4.98. The molecule has 0 N–H and O–H groups in total. The Morgan fingerprint density at radius 1 is 0.596 bits per heavy atom. The molecule has 0 heterocycles. The summed E-state index contributed by atoms with van der Waals surface area (Å²) < 4.78 is 70.5. The van der Waals surface area contributed by atoms with Crippen LogP contribution in [0.3, 0.4) is 0 Å². The molecule has 3 aromatic rings. The van der Waals surface area contributed by atoms with Crippen molar-refractivity contribution < 1.29 is 40.5 Å². The topological polar surface area (TPSA) is 144 Å². The molecule has 0 saturated heterocycles. The van der Waals surface area contributed by atoms with Gasteiger partial charge < -0.3 is 14.0 Å². The summed E-state index contributed by atoms with van der Waals surface area (Å²) >= 11 is 0. The van der Waals surface area contributed by atoms with Gasteiger partial charge in [0.1, 0.15) is 22.3 Å². The quantitative estimate of drug-likeness (QED) is 0.108. The van der Waals surface area contributed by atoms with Gasteiger partial charge in [-0.3, -0.25) is 9.59 Å². The average molecular weight is 771 g/mol. The summed E-state index contributed by atoms with van der Waals surface area (Å²) in [6.07, 6.45) is 12.0. The predicted octanol–water partition coefficient (Wildman–Crippen LogP) is 7.93. The summed E-state index contributed by atoms with van der Waals surface area (Å²) in [5, 5.41) is -2.23. The highest BCUT2D eigenvalue weighted by molar-refractivity contribution is 7.97. The maximum absolute atomic E-state index is 13.0. The maximum atomic E-state index is 13.0. The molecular weight excluding hydrogens is 721 g/mol. The molecule has 0 spiro atoms. The van der Waals surface area contributed by atoms with Crippen molar-refractivity contribution in [2.45, 2.75) is 145 Å². The summed E-state index contributed by atoms with van der Waals surface area (Å²) in [6.45, 7) is 0. The number of rotatable bonds is 11.